The zero-order valence-electron chi connectivity index (χ0n) is 9.87. The van der Waals surface area contributed by atoms with Crippen molar-refractivity contribution in [2.45, 2.75) is 32.3 Å². The van der Waals surface area contributed by atoms with Crippen LogP contribution in [0.15, 0.2) is 36.5 Å². The maximum atomic E-state index is 11.1. The molecule has 1 unspecified atom stereocenters. The zero-order chi connectivity index (χ0) is 13.1. The lowest BCUT2D eigenvalue weighted by Crippen LogP contribution is -1.99. The van der Waals surface area contributed by atoms with Crippen molar-refractivity contribution in [1.82, 2.24) is 0 Å². The normalized spacial score (nSPS) is 13.8. The second-order valence-electron chi connectivity index (χ2n) is 3.46. The van der Waals surface area contributed by atoms with Gasteiger partial charge in [0.05, 0.1) is 12.5 Å². The topological polar surface area (TPSA) is 74.6 Å². The van der Waals surface area contributed by atoms with E-state index in [1.165, 1.54) is 6.08 Å². The highest BCUT2D eigenvalue weighted by Crippen LogP contribution is 1.94. The van der Waals surface area contributed by atoms with Crippen LogP contribution in [-0.4, -0.2) is 28.1 Å². The molecule has 0 bridgehead atoms. The van der Waals surface area contributed by atoms with E-state index in [2.05, 4.69) is 0 Å². The summed E-state index contributed by atoms with van der Waals surface area (Å²) in [4.78, 5) is 21.3. The summed E-state index contributed by atoms with van der Waals surface area (Å²) in [6, 6.07) is 0. The Labute approximate surface area is 101 Å². The molecule has 0 amide bonds. The van der Waals surface area contributed by atoms with Crippen LogP contribution in [0, 0.1) is 0 Å². The molecule has 0 aliphatic carbocycles. The second kappa shape index (κ2) is 9.54. The molecule has 4 heteroatoms. The number of allylic oxidation sites excluding steroid dienone is 5. The lowest BCUT2D eigenvalue weighted by Gasteiger charge is -1.95. The third-order valence-corrected chi connectivity index (χ3v) is 1.95. The number of aliphatic carboxylic acids is 1. The van der Waals surface area contributed by atoms with E-state index in [9.17, 15) is 14.7 Å². The van der Waals surface area contributed by atoms with Gasteiger partial charge in [-0.2, -0.15) is 0 Å². The lowest BCUT2D eigenvalue weighted by atomic mass is 10.2. The first-order chi connectivity index (χ1) is 8.06. The van der Waals surface area contributed by atoms with E-state index in [-0.39, 0.29) is 18.6 Å². The third kappa shape index (κ3) is 10.6. The van der Waals surface area contributed by atoms with Crippen molar-refractivity contribution in [2.75, 3.05) is 0 Å². The molecular weight excluding hydrogens is 220 g/mol. The van der Waals surface area contributed by atoms with Crippen LogP contribution in [0.1, 0.15) is 26.2 Å². The van der Waals surface area contributed by atoms with E-state index in [0.717, 1.165) is 0 Å². The van der Waals surface area contributed by atoms with Gasteiger partial charge in [-0.25, -0.2) is 0 Å². The lowest BCUT2D eigenvalue weighted by molar-refractivity contribution is -0.138. The smallest absolute Gasteiger partial charge is 0.303 e. The fraction of sp³-hybridized carbons (Fsp3) is 0.385. The number of aliphatic hydroxyl groups excluding tert-OH is 1. The summed E-state index contributed by atoms with van der Waals surface area (Å²) in [6.45, 7) is 1.87. The molecule has 0 aromatic carbocycles. The highest BCUT2D eigenvalue weighted by Gasteiger charge is 2.00. The Morgan fingerprint density at radius 3 is 2.35 bits per heavy atom. The maximum absolute atomic E-state index is 11.1. The van der Waals surface area contributed by atoms with Crippen molar-refractivity contribution < 1.29 is 19.8 Å². The summed E-state index contributed by atoms with van der Waals surface area (Å²) in [5.41, 5.74) is 0. The van der Waals surface area contributed by atoms with Gasteiger partial charge in [-0.05, 0) is 12.5 Å². The van der Waals surface area contributed by atoms with Crippen LogP contribution in [-0.2, 0) is 9.59 Å². The number of rotatable bonds is 8. The quantitative estimate of drug-likeness (QED) is 0.500. The second-order valence-corrected chi connectivity index (χ2v) is 3.46. The van der Waals surface area contributed by atoms with Crippen LogP contribution in [0.25, 0.3) is 0 Å². The molecule has 0 rings (SSSR count). The molecule has 0 saturated heterocycles. The Bertz CT molecular complexity index is 326. The highest BCUT2D eigenvalue weighted by molar-refractivity contribution is 5.91. The molecule has 0 saturated carbocycles. The Kier molecular flexibility index (Phi) is 8.60. The van der Waals surface area contributed by atoms with Gasteiger partial charge in [-0.1, -0.05) is 37.3 Å². The van der Waals surface area contributed by atoms with Crippen LogP contribution < -0.4 is 0 Å². The molecule has 0 heterocycles. The van der Waals surface area contributed by atoms with Crippen LogP contribution >= 0.6 is 0 Å². The Hall–Kier alpha value is -1.68. The first kappa shape index (κ1) is 15.3. The molecule has 0 aliphatic rings. The van der Waals surface area contributed by atoms with Gasteiger partial charge in [0.1, 0.15) is 0 Å². The number of carboxylic acids is 1. The predicted molar refractivity (Wildman–Crippen MR) is 65.6 cm³/mol. The van der Waals surface area contributed by atoms with Crippen molar-refractivity contribution in [2.24, 2.45) is 0 Å². The van der Waals surface area contributed by atoms with Gasteiger partial charge in [-0.15, -0.1) is 0 Å². The number of carbonyl (C=O) groups is 2. The van der Waals surface area contributed by atoms with Gasteiger partial charge in [0.2, 0.25) is 0 Å². The van der Waals surface area contributed by atoms with Crippen LogP contribution in [0.5, 0.6) is 0 Å². The molecule has 17 heavy (non-hydrogen) atoms. The SMILES string of the molecule is CCC(O)C=CC=CC=CC(=O)CCC(=O)O. The van der Waals surface area contributed by atoms with Crippen molar-refractivity contribution in [3.8, 4) is 0 Å². The van der Waals surface area contributed by atoms with E-state index in [1.54, 1.807) is 30.4 Å². The average Bonchev–Trinajstić information content (AvgIpc) is 2.30. The van der Waals surface area contributed by atoms with Crippen molar-refractivity contribution in [1.29, 1.82) is 0 Å². The van der Waals surface area contributed by atoms with Gasteiger partial charge in [-0.3, -0.25) is 9.59 Å². The van der Waals surface area contributed by atoms with Gasteiger partial charge in [0, 0.05) is 6.42 Å². The van der Waals surface area contributed by atoms with E-state index < -0.39 is 12.1 Å². The van der Waals surface area contributed by atoms with E-state index in [0.29, 0.717) is 6.42 Å². The Balaban J connectivity index is 3.86. The number of carbonyl (C=O) groups excluding carboxylic acids is 1. The van der Waals surface area contributed by atoms with Gasteiger partial charge < -0.3 is 10.2 Å². The molecule has 0 spiro atoms. The first-order valence-corrected chi connectivity index (χ1v) is 5.50. The summed E-state index contributed by atoms with van der Waals surface area (Å²) in [5.74, 6) is -1.19. The number of ketones is 1. The fourth-order valence-electron chi connectivity index (χ4n) is 0.933. The average molecular weight is 238 g/mol. The minimum atomic E-state index is -0.973. The fourth-order valence-corrected chi connectivity index (χ4v) is 0.933. The third-order valence-electron chi connectivity index (χ3n) is 1.95. The summed E-state index contributed by atoms with van der Waals surface area (Å²) in [7, 11) is 0. The van der Waals surface area contributed by atoms with Crippen LogP contribution in [0.3, 0.4) is 0 Å². The molecular formula is C13H18O4. The standard InChI is InChI=1S/C13H18O4/c1-2-11(14)7-5-3-4-6-8-12(15)9-10-13(16)17/h3-8,11,14H,2,9-10H2,1H3,(H,16,17). The molecule has 94 valence electrons. The highest BCUT2D eigenvalue weighted by atomic mass is 16.4. The minimum Gasteiger partial charge on any atom is -0.481 e. The molecule has 0 aromatic heterocycles. The molecule has 0 aromatic rings. The zero-order valence-corrected chi connectivity index (χ0v) is 9.87. The van der Waals surface area contributed by atoms with Crippen molar-refractivity contribution in [3.05, 3.63) is 36.5 Å². The van der Waals surface area contributed by atoms with Gasteiger partial charge >= 0.3 is 5.97 Å². The van der Waals surface area contributed by atoms with Gasteiger partial charge in [0.15, 0.2) is 5.78 Å². The maximum Gasteiger partial charge on any atom is 0.303 e. The molecule has 1 atom stereocenters. The Morgan fingerprint density at radius 1 is 1.12 bits per heavy atom. The monoisotopic (exact) mass is 238 g/mol. The molecule has 2 N–H and O–H groups in total. The number of carboxylic acid groups (broad SMARTS) is 1. The first-order valence-electron chi connectivity index (χ1n) is 5.50. The number of aliphatic hydroxyl groups is 1. The van der Waals surface area contributed by atoms with E-state index in [4.69, 9.17) is 5.11 Å². The van der Waals surface area contributed by atoms with Crippen molar-refractivity contribution in [3.63, 3.8) is 0 Å². The van der Waals surface area contributed by atoms with Crippen molar-refractivity contribution >= 4 is 11.8 Å². The Morgan fingerprint density at radius 2 is 1.76 bits per heavy atom. The molecule has 0 aliphatic heterocycles. The molecule has 0 radical (unpaired) electrons. The van der Waals surface area contributed by atoms with Crippen LogP contribution in [0.4, 0.5) is 0 Å². The predicted octanol–water partition coefficient (Wildman–Crippen LogP) is 1.86. The molecule has 4 nitrogen and oxygen atoms in total. The largest absolute Gasteiger partial charge is 0.481 e. The van der Waals surface area contributed by atoms with E-state index >= 15 is 0 Å². The van der Waals surface area contributed by atoms with E-state index in [1.807, 2.05) is 6.92 Å². The summed E-state index contributed by atoms with van der Waals surface area (Å²) >= 11 is 0. The van der Waals surface area contributed by atoms with Gasteiger partial charge in [0.25, 0.3) is 0 Å². The van der Waals surface area contributed by atoms with Crippen LogP contribution in [0.2, 0.25) is 0 Å². The summed E-state index contributed by atoms with van der Waals surface area (Å²) in [5, 5.41) is 17.5. The number of hydrogen-bond donors (Lipinski definition) is 2. The molecule has 0 fully saturated rings. The summed E-state index contributed by atoms with van der Waals surface area (Å²) in [6.07, 6.45) is 9.67. The summed E-state index contributed by atoms with van der Waals surface area (Å²) < 4.78 is 0. The number of hydrogen-bond acceptors (Lipinski definition) is 3. The minimum absolute atomic E-state index is 0.0179.